The lowest BCUT2D eigenvalue weighted by molar-refractivity contribution is -0.892. The Balaban J connectivity index is 1.83. The number of nitro groups is 1. The minimum Gasteiger partial charge on any atom is -0.360 e. The van der Waals surface area contributed by atoms with E-state index in [2.05, 4.69) is 17.1 Å². The topological polar surface area (TPSA) is 79.9 Å². The fourth-order valence-corrected chi connectivity index (χ4v) is 2.78. The highest BCUT2D eigenvalue weighted by atomic mass is 16.6. The molecule has 0 unspecified atom stereocenters. The van der Waals surface area contributed by atoms with Crippen LogP contribution >= 0.6 is 0 Å². The van der Waals surface area contributed by atoms with Gasteiger partial charge < -0.3 is 15.1 Å². The summed E-state index contributed by atoms with van der Waals surface area (Å²) in [5.41, 5.74) is 0.950. The lowest BCUT2D eigenvalue weighted by Crippen LogP contribution is -3.16. The average Bonchev–Trinajstić information content (AvgIpc) is 2.55. The zero-order chi connectivity index (χ0) is 17.7. The van der Waals surface area contributed by atoms with Crippen LogP contribution in [0.25, 0.3) is 0 Å². The lowest BCUT2D eigenvalue weighted by atomic mass is 10.0. The van der Waals surface area contributed by atoms with E-state index in [0.717, 1.165) is 38.3 Å². The molecule has 7 heteroatoms. The van der Waals surface area contributed by atoms with Crippen LogP contribution in [0.2, 0.25) is 0 Å². The van der Waals surface area contributed by atoms with Gasteiger partial charge in [0, 0.05) is 23.4 Å². The molecule has 7 nitrogen and oxygen atoms in total. The van der Waals surface area contributed by atoms with Gasteiger partial charge in [-0.25, -0.2) is 0 Å². The van der Waals surface area contributed by atoms with Gasteiger partial charge in [-0.15, -0.1) is 0 Å². The molecule has 1 aliphatic heterocycles. The Bertz CT molecular complexity index is 578. The van der Waals surface area contributed by atoms with E-state index in [9.17, 15) is 14.9 Å². The maximum atomic E-state index is 12.1. The Morgan fingerprint density at radius 1 is 1.29 bits per heavy atom. The fourth-order valence-electron chi connectivity index (χ4n) is 2.78. The minimum atomic E-state index is -0.387. The van der Waals surface area contributed by atoms with E-state index in [1.165, 1.54) is 17.0 Å². The molecule has 132 valence electrons. The molecule has 2 N–H and O–H groups in total. The summed E-state index contributed by atoms with van der Waals surface area (Å²) in [6.07, 6.45) is 0.905. The number of benzene rings is 1. The third-order valence-corrected chi connectivity index (χ3v) is 4.67. The standard InChI is InChI=1S/C17H26N4O3/c1-4-17(2,3)18-16(22)13-19-9-11-20(12-10-19)14-5-7-15(8-6-14)21(23)24/h5-8H,4,9-13H2,1-3H3,(H,18,22)/p+1. The van der Waals surface area contributed by atoms with Gasteiger partial charge in [-0.1, -0.05) is 6.92 Å². The Hall–Kier alpha value is -2.15. The van der Waals surface area contributed by atoms with Crippen LogP contribution in [0, 0.1) is 10.1 Å². The number of carbonyl (C=O) groups is 1. The second-order valence-corrected chi connectivity index (χ2v) is 6.97. The van der Waals surface area contributed by atoms with Crippen molar-refractivity contribution in [2.45, 2.75) is 32.7 Å². The number of carbonyl (C=O) groups excluding carboxylic acids is 1. The van der Waals surface area contributed by atoms with Crippen molar-refractivity contribution < 1.29 is 14.6 Å². The van der Waals surface area contributed by atoms with Crippen molar-refractivity contribution in [3.8, 4) is 0 Å². The summed E-state index contributed by atoms with van der Waals surface area (Å²) in [6, 6.07) is 6.66. The van der Waals surface area contributed by atoms with Gasteiger partial charge in [0.2, 0.25) is 0 Å². The van der Waals surface area contributed by atoms with E-state index >= 15 is 0 Å². The van der Waals surface area contributed by atoms with Gasteiger partial charge in [-0.3, -0.25) is 14.9 Å². The molecule has 24 heavy (non-hydrogen) atoms. The van der Waals surface area contributed by atoms with Crippen molar-refractivity contribution in [2.75, 3.05) is 37.6 Å². The first-order valence-electron chi connectivity index (χ1n) is 8.45. The molecular formula is C17H27N4O3+. The molecule has 0 radical (unpaired) electrons. The van der Waals surface area contributed by atoms with Gasteiger partial charge in [0.05, 0.1) is 31.1 Å². The molecule has 1 amide bonds. The van der Waals surface area contributed by atoms with Crippen LogP contribution in [0.5, 0.6) is 0 Å². The van der Waals surface area contributed by atoms with E-state index in [0.29, 0.717) is 6.54 Å². The van der Waals surface area contributed by atoms with Crippen molar-refractivity contribution in [3.63, 3.8) is 0 Å². The summed E-state index contributed by atoms with van der Waals surface area (Å²) in [6.45, 7) is 10.1. The molecule has 1 aromatic carbocycles. The van der Waals surface area contributed by atoms with Gasteiger partial charge >= 0.3 is 0 Å². The zero-order valence-corrected chi connectivity index (χ0v) is 14.7. The Labute approximate surface area is 142 Å². The Morgan fingerprint density at radius 2 is 1.88 bits per heavy atom. The maximum Gasteiger partial charge on any atom is 0.275 e. The zero-order valence-electron chi connectivity index (χ0n) is 14.7. The van der Waals surface area contributed by atoms with Crippen molar-refractivity contribution in [2.24, 2.45) is 0 Å². The molecular weight excluding hydrogens is 308 g/mol. The van der Waals surface area contributed by atoms with Gasteiger partial charge in [0.1, 0.15) is 0 Å². The summed E-state index contributed by atoms with van der Waals surface area (Å²) in [5, 5.41) is 13.8. The number of nitrogens with zero attached hydrogens (tertiary/aromatic N) is 2. The second-order valence-electron chi connectivity index (χ2n) is 6.97. The largest absolute Gasteiger partial charge is 0.360 e. The monoisotopic (exact) mass is 335 g/mol. The number of hydrogen-bond donors (Lipinski definition) is 2. The molecule has 2 rings (SSSR count). The van der Waals surface area contributed by atoms with E-state index in [4.69, 9.17) is 0 Å². The Kier molecular flexibility index (Phi) is 5.77. The van der Waals surface area contributed by atoms with Crippen LogP contribution in [0.1, 0.15) is 27.2 Å². The quantitative estimate of drug-likeness (QED) is 0.589. The average molecular weight is 335 g/mol. The normalized spacial score (nSPS) is 16.0. The van der Waals surface area contributed by atoms with Crippen LogP contribution in [0.4, 0.5) is 11.4 Å². The SMILES string of the molecule is CCC(C)(C)NC(=O)C[NH+]1CCN(c2ccc([N+](=O)[O-])cc2)CC1. The van der Waals surface area contributed by atoms with E-state index in [1.54, 1.807) is 12.1 Å². The van der Waals surface area contributed by atoms with E-state index in [1.807, 2.05) is 13.8 Å². The van der Waals surface area contributed by atoms with Crippen LogP contribution in [-0.2, 0) is 4.79 Å². The maximum absolute atomic E-state index is 12.1. The first-order chi connectivity index (χ1) is 11.3. The minimum absolute atomic E-state index is 0.0978. The number of non-ortho nitro benzene ring substituents is 1. The molecule has 0 aliphatic carbocycles. The van der Waals surface area contributed by atoms with E-state index in [-0.39, 0.29) is 22.1 Å². The fraction of sp³-hybridized carbons (Fsp3) is 0.588. The predicted molar refractivity (Wildman–Crippen MR) is 93.4 cm³/mol. The number of anilines is 1. The molecule has 0 bridgehead atoms. The highest BCUT2D eigenvalue weighted by Crippen LogP contribution is 2.19. The highest BCUT2D eigenvalue weighted by Gasteiger charge is 2.25. The van der Waals surface area contributed by atoms with Crippen molar-refractivity contribution in [3.05, 3.63) is 34.4 Å². The molecule has 0 aromatic heterocycles. The highest BCUT2D eigenvalue weighted by molar-refractivity contribution is 5.77. The third kappa shape index (κ3) is 4.92. The second kappa shape index (κ2) is 7.61. The van der Waals surface area contributed by atoms with Crippen LogP contribution < -0.4 is 15.1 Å². The third-order valence-electron chi connectivity index (χ3n) is 4.67. The number of piperazine rings is 1. The van der Waals surface area contributed by atoms with E-state index < -0.39 is 0 Å². The summed E-state index contributed by atoms with van der Waals surface area (Å²) in [4.78, 5) is 25.9. The van der Waals surface area contributed by atoms with Crippen molar-refractivity contribution in [1.82, 2.24) is 5.32 Å². The van der Waals surface area contributed by atoms with Crippen LogP contribution in [-0.4, -0.2) is 49.1 Å². The molecule has 0 spiro atoms. The number of quaternary nitrogens is 1. The summed E-state index contributed by atoms with van der Waals surface area (Å²) in [5.74, 6) is 0.0978. The van der Waals surface area contributed by atoms with Gasteiger partial charge in [-0.05, 0) is 32.4 Å². The lowest BCUT2D eigenvalue weighted by Gasteiger charge is -2.34. The number of hydrogen-bond acceptors (Lipinski definition) is 4. The number of rotatable bonds is 6. The van der Waals surface area contributed by atoms with Crippen molar-refractivity contribution in [1.29, 1.82) is 0 Å². The van der Waals surface area contributed by atoms with Crippen LogP contribution in [0.15, 0.2) is 24.3 Å². The molecule has 1 aromatic rings. The van der Waals surface area contributed by atoms with Gasteiger partial charge in [0.15, 0.2) is 6.54 Å². The summed E-state index contributed by atoms with van der Waals surface area (Å²) >= 11 is 0. The van der Waals surface area contributed by atoms with Gasteiger partial charge in [0.25, 0.3) is 11.6 Å². The summed E-state index contributed by atoms with van der Waals surface area (Å²) < 4.78 is 0. The molecule has 1 heterocycles. The molecule has 1 aliphatic rings. The number of nitrogens with one attached hydrogen (secondary N) is 2. The summed E-state index contributed by atoms with van der Waals surface area (Å²) in [7, 11) is 0. The first-order valence-corrected chi connectivity index (χ1v) is 8.45. The number of amides is 1. The first kappa shape index (κ1) is 18.2. The predicted octanol–water partition coefficient (Wildman–Crippen LogP) is 0.605. The molecule has 0 atom stereocenters. The van der Waals surface area contributed by atoms with Crippen LogP contribution in [0.3, 0.4) is 0 Å². The molecule has 0 saturated carbocycles. The Morgan fingerprint density at radius 3 is 2.38 bits per heavy atom. The number of nitro benzene ring substituents is 1. The molecule has 1 fully saturated rings. The van der Waals surface area contributed by atoms with Gasteiger partial charge in [-0.2, -0.15) is 0 Å². The smallest absolute Gasteiger partial charge is 0.275 e. The molecule has 1 saturated heterocycles. The van der Waals surface area contributed by atoms with Crippen molar-refractivity contribution >= 4 is 17.3 Å².